The first-order valence-corrected chi connectivity index (χ1v) is 4.86. The Morgan fingerprint density at radius 1 is 1.38 bits per heavy atom. The lowest BCUT2D eigenvalue weighted by Gasteiger charge is -2.05. The second-order valence-electron chi connectivity index (χ2n) is 3.48. The van der Waals surface area contributed by atoms with Gasteiger partial charge < -0.3 is 5.73 Å². The highest BCUT2D eigenvalue weighted by atomic mass is 14.5. The molecule has 0 fully saturated rings. The van der Waals surface area contributed by atoms with Crippen LogP contribution in [0.5, 0.6) is 0 Å². The fourth-order valence-corrected chi connectivity index (χ4v) is 1.86. The van der Waals surface area contributed by atoms with Crippen molar-refractivity contribution in [2.75, 3.05) is 6.54 Å². The summed E-state index contributed by atoms with van der Waals surface area (Å²) in [6.07, 6.45) is 4.40. The molecule has 0 aliphatic heterocycles. The van der Waals surface area contributed by atoms with Crippen LogP contribution in [0.1, 0.15) is 23.6 Å². The van der Waals surface area contributed by atoms with E-state index in [1.807, 2.05) is 0 Å². The first-order chi connectivity index (χ1) is 6.35. The van der Waals surface area contributed by atoms with Crippen molar-refractivity contribution < 1.29 is 0 Å². The molecule has 1 aromatic rings. The first kappa shape index (κ1) is 8.52. The summed E-state index contributed by atoms with van der Waals surface area (Å²) in [5.41, 5.74) is 11.2. The molecule has 13 heavy (non-hydrogen) atoms. The Labute approximate surface area is 79.3 Å². The third-order valence-corrected chi connectivity index (χ3v) is 2.72. The van der Waals surface area contributed by atoms with Crippen molar-refractivity contribution in [2.45, 2.75) is 19.8 Å². The van der Waals surface area contributed by atoms with Crippen LogP contribution in [0.4, 0.5) is 0 Å². The fourth-order valence-electron chi connectivity index (χ4n) is 1.86. The van der Waals surface area contributed by atoms with Crippen molar-refractivity contribution in [2.24, 2.45) is 5.73 Å². The zero-order valence-electron chi connectivity index (χ0n) is 8.01. The van der Waals surface area contributed by atoms with Crippen LogP contribution in [-0.2, 0) is 12.8 Å². The van der Waals surface area contributed by atoms with E-state index in [2.05, 4.69) is 31.2 Å². The van der Waals surface area contributed by atoms with Crippen LogP contribution in [0.2, 0.25) is 0 Å². The number of rotatable bonds is 2. The molecular weight excluding hydrogens is 158 g/mol. The quantitative estimate of drug-likeness (QED) is 0.728. The normalized spacial score (nSPS) is 14.2. The molecule has 1 aliphatic rings. The van der Waals surface area contributed by atoms with Gasteiger partial charge in [-0.1, -0.05) is 31.2 Å². The second kappa shape index (κ2) is 3.35. The van der Waals surface area contributed by atoms with Gasteiger partial charge in [0.2, 0.25) is 0 Å². The summed E-state index contributed by atoms with van der Waals surface area (Å²) in [5.74, 6) is 0. The summed E-state index contributed by atoms with van der Waals surface area (Å²) in [7, 11) is 0. The van der Waals surface area contributed by atoms with Gasteiger partial charge in [-0.05, 0) is 35.1 Å². The maximum Gasteiger partial charge on any atom is 0.0181 e. The smallest absolute Gasteiger partial charge is 0.0181 e. The van der Waals surface area contributed by atoms with Gasteiger partial charge in [-0.2, -0.15) is 0 Å². The maximum atomic E-state index is 5.67. The summed E-state index contributed by atoms with van der Waals surface area (Å²) in [6.45, 7) is 2.85. The molecule has 0 saturated heterocycles. The molecule has 0 atom stereocenters. The van der Waals surface area contributed by atoms with Crippen LogP contribution in [0.3, 0.4) is 0 Å². The minimum atomic E-state index is 0.667. The van der Waals surface area contributed by atoms with Crippen LogP contribution in [0.25, 0.3) is 5.57 Å². The van der Waals surface area contributed by atoms with E-state index in [-0.39, 0.29) is 0 Å². The number of nitrogens with two attached hydrogens (primary N) is 1. The van der Waals surface area contributed by atoms with E-state index in [4.69, 9.17) is 5.73 Å². The summed E-state index contributed by atoms with van der Waals surface area (Å²) in [5, 5.41) is 0. The summed E-state index contributed by atoms with van der Waals surface area (Å²) < 4.78 is 0. The van der Waals surface area contributed by atoms with Gasteiger partial charge in [0.05, 0.1) is 0 Å². The predicted octanol–water partition coefficient (Wildman–Crippen LogP) is 2.15. The average Bonchev–Trinajstić information content (AvgIpc) is 2.59. The van der Waals surface area contributed by atoms with Crippen molar-refractivity contribution >= 4 is 5.57 Å². The van der Waals surface area contributed by atoms with Gasteiger partial charge in [0.25, 0.3) is 0 Å². The van der Waals surface area contributed by atoms with Crippen molar-refractivity contribution in [1.29, 1.82) is 0 Å². The van der Waals surface area contributed by atoms with Gasteiger partial charge in [0, 0.05) is 6.54 Å². The number of fused-ring (bicyclic) bond motifs is 1. The van der Waals surface area contributed by atoms with Crippen LogP contribution >= 0.6 is 0 Å². The Bertz CT molecular complexity index is 350. The molecule has 0 aromatic heterocycles. The Kier molecular flexibility index (Phi) is 2.19. The zero-order valence-corrected chi connectivity index (χ0v) is 8.01. The molecule has 1 aromatic carbocycles. The molecule has 68 valence electrons. The number of hydrogen-bond donors (Lipinski definition) is 1. The van der Waals surface area contributed by atoms with Crippen molar-refractivity contribution in [3.8, 4) is 0 Å². The maximum absolute atomic E-state index is 5.67. The monoisotopic (exact) mass is 173 g/mol. The van der Waals surface area contributed by atoms with Gasteiger partial charge in [-0.3, -0.25) is 0 Å². The standard InChI is InChI=1S/C12H15N/c1-2-9-3-4-10-5-6-11(8-13)12(10)7-9/h3-4,6-7H,2,5,8,13H2,1H3. The fraction of sp³-hybridized carbons (Fsp3) is 0.333. The third kappa shape index (κ3) is 1.40. The Balaban J connectivity index is 2.44. The van der Waals surface area contributed by atoms with Crippen LogP contribution in [-0.4, -0.2) is 6.54 Å². The minimum absolute atomic E-state index is 0.667. The molecule has 2 N–H and O–H groups in total. The van der Waals surface area contributed by atoms with E-state index in [9.17, 15) is 0 Å². The van der Waals surface area contributed by atoms with Gasteiger partial charge in [0.15, 0.2) is 0 Å². The number of benzene rings is 1. The molecule has 1 aliphatic carbocycles. The highest BCUT2D eigenvalue weighted by molar-refractivity contribution is 5.74. The summed E-state index contributed by atoms with van der Waals surface area (Å²) in [6, 6.07) is 6.72. The van der Waals surface area contributed by atoms with E-state index >= 15 is 0 Å². The van der Waals surface area contributed by atoms with E-state index in [1.165, 1.54) is 22.3 Å². The van der Waals surface area contributed by atoms with Crippen molar-refractivity contribution in [3.63, 3.8) is 0 Å². The van der Waals surface area contributed by atoms with Crippen molar-refractivity contribution in [3.05, 3.63) is 41.0 Å². The minimum Gasteiger partial charge on any atom is -0.326 e. The van der Waals surface area contributed by atoms with Gasteiger partial charge >= 0.3 is 0 Å². The van der Waals surface area contributed by atoms with Crippen LogP contribution in [0.15, 0.2) is 24.3 Å². The van der Waals surface area contributed by atoms with E-state index < -0.39 is 0 Å². The molecule has 0 saturated carbocycles. The van der Waals surface area contributed by atoms with Crippen LogP contribution in [0, 0.1) is 0 Å². The highest BCUT2D eigenvalue weighted by Crippen LogP contribution is 2.27. The molecule has 0 unspecified atom stereocenters. The van der Waals surface area contributed by atoms with Crippen molar-refractivity contribution in [1.82, 2.24) is 0 Å². The average molecular weight is 173 g/mol. The predicted molar refractivity (Wildman–Crippen MR) is 56.6 cm³/mol. The molecule has 1 heteroatoms. The summed E-state index contributed by atoms with van der Waals surface area (Å²) in [4.78, 5) is 0. The number of aryl methyl sites for hydroxylation is 1. The zero-order chi connectivity index (χ0) is 9.26. The highest BCUT2D eigenvalue weighted by Gasteiger charge is 2.12. The molecular formula is C12H15N. The van der Waals surface area contributed by atoms with E-state index in [0.717, 1.165) is 12.8 Å². The third-order valence-electron chi connectivity index (χ3n) is 2.72. The lowest BCUT2D eigenvalue weighted by atomic mass is 10.0. The summed E-state index contributed by atoms with van der Waals surface area (Å²) >= 11 is 0. The molecule has 0 amide bonds. The molecule has 2 rings (SSSR count). The molecule has 0 bridgehead atoms. The van der Waals surface area contributed by atoms with Gasteiger partial charge in [0.1, 0.15) is 0 Å². The lowest BCUT2D eigenvalue weighted by Crippen LogP contribution is -2.01. The SMILES string of the molecule is CCc1ccc2c(c1)C(CN)=CC2. The molecule has 1 nitrogen and oxygen atoms in total. The number of allylic oxidation sites excluding steroid dienone is 1. The Hall–Kier alpha value is -1.08. The second-order valence-corrected chi connectivity index (χ2v) is 3.48. The molecule has 0 radical (unpaired) electrons. The largest absolute Gasteiger partial charge is 0.326 e. The Morgan fingerprint density at radius 2 is 2.23 bits per heavy atom. The van der Waals surface area contributed by atoms with Gasteiger partial charge in [-0.15, -0.1) is 0 Å². The lowest BCUT2D eigenvalue weighted by molar-refractivity contribution is 1.13. The van der Waals surface area contributed by atoms with Gasteiger partial charge in [-0.25, -0.2) is 0 Å². The van der Waals surface area contributed by atoms with E-state index in [0.29, 0.717) is 6.54 Å². The molecule has 0 spiro atoms. The topological polar surface area (TPSA) is 26.0 Å². The first-order valence-electron chi connectivity index (χ1n) is 4.86. The Morgan fingerprint density at radius 3 is 2.92 bits per heavy atom. The number of hydrogen-bond acceptors (Lipinski definition) is 1. The molecule has 0 heterocycles. The van der Waals surface area contributed by atoms with E-state index in [1.54, 1.807) is 0 Å². The van der Waals surface area contributed by atoms with Crippen LogP contribution < -0.4 is 5.73 Å².